The van der Waals surface area contributed by atoms with E-state index in [2.05, 4.69) is 0 Å². The van der Waals surface area contributed by atoms with Crippen molar-refractivity contribution in [3.8, 4) is 58.3 Å². The van der Waals surface area contributed by atoms with Crippen LogP contribution < -0.4 is 14.2 Å². The molecule has 0 saturated carbocycles. The van der Waals surface area contributed by atoms with Crippen molar-refractivity contribution in [2.75, 3.05) is 0 Å². The van der Waals surface area contributed by atoms with Crippen LogP contribution in [0, 0.1) is 34.6 Å². The summed E-state index contributed by atoms with van der Waals surface area (Å²) in [5.74, 6) is 1.28. The lowest BCUT2D eigenvalue weighted by Crippen LogP contribution is -1.93. The van der Waals surface area contributed by atoms with E-state index in [1.165, 1.54) is 0 Å². The van der Waals surface area contributed by atoms with Crippen molar-refractivity contribution in [2.24, 2.45) is 0 Å². The minimum atomic E-state index is 0.413. The summed E-state index contributed by atoms with van der Waals surface area (Å²) >= 11 is 0. The highest BCUT2D eigenvalue weighted by molar-refractivity contribution is 6.14. The van der Waals surface area contributed by atoms with Crippen LogP contribution in [0.2, 0.25) is 0 Å². The molecule has 0 spiro atoms. The molecule has 6 rings (SSSR count). The molecule has 182 valence electrons. The fraction of sp³-hybridized carbons (Fsp3) is 0. The molecule has 0 unspecified atom stereocenters. The molecule has 0 aliphatic carbocycles. The molecule has 0 aromatic heterocycles. The predicted octanol–water partition coefficient (Wildman–Crippen LogP) is 8.06. The van der Waals surface area contributed by atoms with Gasteiger partial charge in [-0.05, 0) is 79.5 Å². The van der Waals surface area contributed by atoms with E-state index in [4.69, 9.17) is 19.5 Å². The standard InChI is InChI=1S/C33H17N3O3/c34-18-37-23-12-11-21-6-3-8-26(30(21)16-23)27-13-14-29(33-28(27)9-4-10-32(33)39-20-36)31-17-24(38-19-35)15-22-5-1-2-7-25(22)31/h1-17H. The first-order chi connectivity index (χ1) is 19.2. The van der Waals surface area contributed by atoms with Crippen LogP contribution in [0.25, 0.3) is 54.6 Å². The van der Waals surface area contributed by atoms with Gasteiger partial charge in [0.15, 0.2) is 5.75 Å². The summed E-state index contributed by atoms with van der Waals surface area (Å²) in [5.41, 5.74) is 3.53. The van der Waals surface area contributed by atoms with E-state index in [0.717, 1.165) is 54.6 Å². The van der Waals surface area contributed by atoms with Crippen LogP contribution in [0.15, 0.2) is 103 Å². The largest absolute Gasteiger partial charge is 0.388 e. The van der Waals surface area contributed by atoms with Gasteiger partial charge >= 0.3 is 0 Å². The third-order valence-electron chi connectivity index (χ3n) is 6.75. The maximum Gasteiger partial charge on any atom is 0.292 e. The van der Waals surface area contributed by atoms with Crippen molar-refractivity contribution in [1.29, 1.82) is 15.8 Å². The van der Waals surface area contributed by atoms with Crippen LogP contribution in [-0.4, -0.2) is 0 Å². The molecule has 6 aromatic carbocycles. The quantitative estimate of drug-likeness (QED) is 0.221. The minimum absolute atomic E-state index is 0.413. The predicted molar refractivity (Wildman–Crippen MR) is 149 cm³/mol. The maximum absolute atomic E-state index is 9.47. The molecular weight excluding hydrogens is 486 g/mol. The summed E-state index contributed by atoms with van der Waals surface area (Å²) in [4.78, 5) is 0. The Bertz CT molecular complexity index is 2050. The molecule has 39 heavy (non-hydrogen) atoms. The minimum Gasteiger partial charge on any atom is -0.388 e. The number of benzene rings is 6. The second kappa shape index (κ2) is 9.79. The molecule has 0 saturated heterocycles. The second-order valence-electron chi connectivity index (χ2n) is 8.80. The van der Waals surface area contributed by atoms with E-state index in [9.17, 15) is 10.5 Å². The van der Waals surface area contributed by atoms with E-state index >= 15 is 0 Å². The summed E-state index contributed by atoms with van der Waals surface area (Å²) in [6.45, 7) is 0. The lowest BCUT2D eigenvalue weighted by atomic mass is 9.88. The van der Waals surface area contributed by atoms with Crippen molar-refractivity contribution in [3.05, 3.63) is 103 Å². The molecule has 0 radical (unpaired) electrons. The maximum atomic E-state index is 9.47. The van der Waals surface area contributed by atoms with Crippen molar-refractivity contribution < 1.29 is 14.2 Å². The normalized spacial score (nSPS) is 10.5. The van der Waals surface area contributed by atoms with Crippen molar-refractivity contribution in [2.45, 2.75) is 0 Å². The average molecular weight is 504 g/mol. The van der Waals surface area contributed by atoms with Crippen LogP contribution in [0.5, 0.6) is 17.2 Å². The number of nitrogens with zero attached hydrogens (tertiary/aromatic N) is 3. The lowest BCUT2D eigenvalue weighted by molar-refractivity contribution is 0.508. The van der Waals surface area contributed by atoms with E-state index < -0.39 is 0 Å². The number of nitriles is 3. The molecule has 6 aromatic rings. The SMILES string of the molecule is N#COc1cc(-c2ccc(-c3cccc4ccc(OC#N)cc34)c3cccc(OC#N)c23)c2ccccc2c1. The smallest absolute Gasteiger partial charge is 0.292 e. The first kappa shape index (κ1) is 23.4. The van der Waals surface area contributed by atoms with Gasteiger partial charge in [-0.3, -0.25) is 0 Å². The number of fused-ring (bicyclic) bond motifs is 3. The molecule has 0 heterocycles. The molecule has 6 nitrogen and oxygen atoms in total. The van der Waals surface area contributed by atoms with E-state index in [0.29, 0.717) is 17.2 Å². The van der Waals surface area contributed by atoms with Gasteiger partial charge in [0.2, 0.25) is 0 Å². The Balaban J connectivity index is 1.70. The summed E-state index contributed by atoms with van der Waals surface area (Å²) < 4.78 is 15.8. The van der Waals surface area contributed by atoms with Gasteiger partial charge in [-0.2, -0.15) is 0 Å². The molecule has 6 heteroatoms. The van der Waals surface area contributed by atoms with Gasteiger partial charge in [-0.25, -0.2) is 0 Å². The molecule has 0 bridgehead atoms. The number of hydrogen-bond acceptors (Lipinski definition) is 6. The monoisotopic (exact) mass is 503 g/mol. The highest BCUT2D eigenvalue weighted by atomic mass is 16.5. The number of hydrogen-bond donors (Lipinski definition) is 0. The molecule has 0 aliphatic rings. The third-order valence-corrected chi connectivity index (χ3v) is 6.75. The Morgan fingerprint density at radius 2 is 1.13 bits per heavy atom. The Hall–Kier alpha value is -6.03. The molecule has 0 fully saturated rings. The topological polar surface area (TPSA) is 99.1 Å². The lowest BCUT2D eigenvalue weighted by Gasteiger charge is -2.17. The highest BCUT2D eigenvalue weighted by Gasteiger charge is 2.18. The highest BCUT2D eigenvalue weighted by Crippen LogP contribution is 2.45. The molecule has 0 aliphatic heterocycles. The molecule has 0 atom stereocenters. The Labute approximate surface area is 223 Å². The van der Waals surface area contributed by atoms with Crippen LogP contribution >= 0.6 is 0 Å². The van der Waals surface area contributed by atoms with Crippen LogP contribution in [-0.2, 0) is 0 Å². The van der Waals surface area contributed by atoms with Crippen LogP contribution in [0.1, 0.15) is 0 Å². The average Bonchev–Trinajstić information content (AvgIpc) is 2.97. The molecule has 0 amide bonds. The van der Waals surface area contributed by atoms with Gasteiger partial charge in [0, 0.05) is 5.39 Å². The van der Waals surface area contributed by atoms with Gasteiger partial charge in [0.05, 0.1) is 0 Å². The first-order valence-electron chi connectivity index (χ1n) is 12.0. The van der Waals surface area contributed by atoms with E-state index in [-0.39, 0.29) is 0 Å². The molecular formula is C33H17N3O3. The van der Waals surface area contributed by atoms with E-state index in [1.54, 1.807) is 24.6 Å². The fourth-order valence-corrected chi connectivity index (χ4v) is 5.19. The third kappa shape index (κ3) is 4.07. The summed E-state index contributed by atoms with van der Waals surface area (Å²) in [6.07, 6.45) is 5.31. The summed E-state index contributed by atoms with van der Waals surface area (Å²) in [5, 5.41) is 33.1. The summed E-state index contributed by atoms with van der Waals surface area (Å²) in [7, 11) is 0. The zero-order chi connectivity index (χ0) is 26.8. The number of ether oxygens (including phenoxy) is 3. The first-order valence-corrected chi connectivity index (χ1v) is 12.0. The van der Waals surface area contributed by atoms with E-state index in [1.807, 2.05) is 97.3 Å². The van der Waals surface area contributed by atoms with Crippen molar-refractivity contribution in [1.82, 2.24) is 0 Å². The zero-order valence-corrected chi connectivity index (χ0v) is 20.4. The Morgan fingerprint density at radius 1 is 0.436 bits per heavy atom. The van der Waals surface area contributed by atoms with Gasteiger partial charge in [-0.1, -0.05) is 72.8 Å². The van der Waals surface area contributed by atoms with Gasteiger partial charge in [0.1, 0.15) is 11.5 Å². The van der Waals surface area contributed by atoms with Crippen molar-refractivity contribution >= 4 is 32.3 Å². The summed E-state index contributed by atoms with van der Waals surface area (Å²) in [6, 6.07) is 32.7. The van der Waals surface area contributed by atoms with Gasteiger partial charge in [0.25, 0.3) is 18.8 Å². The fourth-order valence-electron chi connectivity index (χ4n) is 5.19. The second-order valence-corrected chi connectivity index (χ2v) is 8.80. The Kier molecular flexibility index (Phi) is 5.87. The Morgan fingerprint density at radius 3 is 1.97 bits per heavy atom. The van der Waals surface area contributed by atoms with Crippen LogP contribution in [0.3, 0.4) is 0 Å². The van der Waals surface area contributed by atoms with Gasteiger partial charge < -0.3 is 14.2 Å². The van der Waals surface area contributed by atoms with Crippen LogP contribution in [0.4, 0.5) is 0 Å². The van der Waals surface area contributed by atoms with Crippen molar-refractivity contribution in [3.63, 3.8) is 0 Å². The zero-order valence-electron chi connectivity index (χ0n) is 20.4. The molecule has 0 N–H and O–H groups in total. The number of rotatable bonds is 5. The van der Waals surface area contributed by atoms with Gasteiger partial charge in [-0.15, -0.1) is 15.8 Å².